The van der Waals surface area contributed by atoms with Crippen LogP contribution in [0.3, 0.4) is 0 Å². The molecule has 45 heavy (non-hydrogen) atoms. The molecule has 0 saturated heterocycles. The number of rotatable bonds is 11. The molecule has 2 aromatic heterocycles. The first-order valence-electron chi connectivity index (χ1n) is 14.1. The Balaban J connectivity index is 1.36. The van der Waals surface area contributed by atoms with Crippen LogP contribution in [0.1, 0.15) is 62.8 Å². The molecule has 2 heterocycles. The van der Waals surface area contributed by atoms with Gasteiger partial charge in [-0.25, -0.2) is 9.18 Å². The highest BCUT2D eigenvalue weighted by molar-refractivity contribution is 8.00. The molecule has 0 saturated carbocycles. The molecule has 0 spiro atoms. The number of aromatic nitrogens is 3. The zero-order valence-electron chi connectivity index (χ0n) is 24.6. The van der Waals surface area contributed by atoms with Crippen molar-refractivity contribution in [3.63, 3.8) is 0 Å². The third-order valence-corrected chi connectivity index (χ3v) is 9.40. The number of amides is 2. The van der Waals surface area contributed by atoms with Crippen molar-refractivity contribution in [2.45, 2.75) is 57.0 Å². The fourth-order valence-corrected chi connectivity index (χ4v) is 7.05. The summed E-state index contributed by atoms with van der Waals surface area (Å²) in [6, 6.07) is 9.74. The quantitative estimate of drug-likeness (QED) is 0.0937. The molecule has 5 rings (SSSR count). The summed E-state index contributed by atoms with van der Waals surface area (Å²) in [5.74, 6) is -1.56. The summed E-state index contributed by atoms with van der Waals surface area (Å²) < 4.78 is 20.6. The van der Waals surface area contributed by atoms with Crippen molar-refractivity contribution in [2.24, 2.45) is 0 Å². The van der Waals surface area contributed by atoms with Crippen LogP contribution in [0.15, 0.2) is 47.6 Å². The van der Waals surface area contributed by atoms with E-state index in [-0.39, 0.29) is 36.1 Å². The van der Waals surface area contributed by atoms with E-state index < -0.39 is 27.9 Å². The highest BCUT2D eigenvalue weighted by atomic mass is 32.2. The minimum atomic E-state index is -0.698. The van der Waals surface area contributed by atoms with Gasteiger partial charge in [0.15, 0.2) is 11.0 Å². The fourth-order valence-electron chi connectivity index (χ4n) is 4.89. The number of benzene rings is 2. The maximum absolute atomic E-state index is 13.8. The summed E-state index contributed by atoms with van der Waals surface area (Å²) in [6.45, 7) is 5.09. The zero-order chi connectivity index (χ0) is 32.2. The van der Waals surface area contributed by atoms with Gasteiger partial charge in [0, 0.05) is 27.8 Å². The number of carbonyl (C=O) groups is 3. The molecule has 0 aliphatic heterocycles. The van der Waals surface area contributed by atoms with Crippen LogP contribution in [0.2, 0.25) is 0 Å². The van der Waals surface area contributed by atoms with E-state index in [1.165, 1.54) is 53.8 Å². The third kappa shape index (κ3) is 6.88. The van der Waals surface area contributed by atoms with E-state index >= 15 is 0 Å². The number of nitro benzene ring substituents is 1. The third-order valence-electron chi connectivity index (χ3n) is 7.15. The van der Waals surface area contributed by atoms with Crippen molar-refractivity contribution in [3.8, 4) is 5.69 Å². The maximum Gasteiger partial charge on any atom is 0.341 e. The van der Waals surface area contributed by atoms with Gasteiger partial charge in [-0.2, -0.15) is 0 Å². The molecule has 1 atom stereocenters. The molecule has 2 amide bonds. The number of halogens is 1. The van der Waals surface area contributed by atoms with E-state index in [0.717, 1.165) is 41.5 Å². The van der Waals surface area contributed by atoms with Gasteiger partial charge in [-0.05, 0) is 75.9 Å². The number of carbonyl (C=O) groups excluding carboxylic acids is 3. The maximum atomic E-state index is 13.8. The molecule has 0 bridgehead atoms. The molecule has 1 aliphatic rings. The molecule has 0 fully saturated rings. The Bertz CT molecular complexity index is 1790. The number of ether oxygens (including phenoxy) is 1. The minimum Gasteiger partial charge on any atom is -0.462 e. The molecule has 234 valence electrons. The van der Waals surface area contributed by atoms with Gasteiger partial charge in [0.05, 0.1) is 28.9 Å². The molecular formula is C30H29FN6O6S2. The standard InChI is InChI=1S/C30H29FN6O6S2/c1-4-43-29(40)25-21-6-5-7-23(21)45-28(25)33-26(38)17(3)44-30-35-34-24(36(30)20-12-10-19(31)11-13-20)15-32-27(39)18-9-8-16(2)22(14-18)37(41)42/h8-14,17H,4-7,15H2,1-3H3,(H,32,39)(H,33,38). The fraction of sp³-hybridized carbons (Fsp3) is 0.300. The molecular weight excluding hydrogens is 623 g/mol. The lowest BCUT2D eigenvalue weighted by Gasteiger charge is -2.14. The van der Waals surface area contributed by atoms with Gasteiger partial charge in [-0.15, -0.1) is 21.5 Å². The number of esters is 1. The predicted octanol–water partition coefficient (Wildman–Crippen LogP) is 5.40. The number of nitro groups is 1. The van der Waals surface area contributed by atoms with Gasteiger partial charge < -0.3 is 15.4 Å². The van der Waals surface area contributed by atoms with Crippen LogP contribution in [0.25, 0.3) is 5.69 Å². The van der Waals surface area contributed by atoms with Crippen molar-refractivity contribution < 1.29 is 28.4 Å². The number of hydrogen-bond donors (Lipinski definition) is 2. The summed E-state index contributed by atoms with van der Waals surface area (Å²) in [4.78, 5) is 50.8. The van der Waals surface area contributed by atoms with Crippen LogP contribution in [0.5, 0.6) is 0 Å². The first-order chi connectivity index (χ1) is 21.6. The van der Waals surface area contributed by atoms with Crippen LogP contribution in [-0.2, 0) is 28.9 Å². The highest BCUT2D eigenvalue weighted by Gasteiger charge is 2.30. The molecule has 4 aromatic rings. The SMILES string of the molecule is CCOC(=O)c1c(NC(=O)C(C)Sc2nnc(CNC(=O)c3ccc(C)c([N+](=O)[O-])c3)n2-c2ccc(F)cc2)sc2c1CCC2. The van der Waals surface area contributed by atoms with E-state index in [4.69, 9.17) is 4.74 Å². The van der Waals surface area contributed by atoms with E-state index in [1.54, 1.807) is 25.3 Å². The number of nitrogens with one attached hydrogen (secondary N) is 2. The number of thiophene rings is 1. The average Bonchev–Trinajstić information content (AvgIpc) is 3.71. The Kier molecular flexibility index (Phi) is 9.58. The first kappa shape index (κ1) is 31.8. The van der Waals surface area contributed by atoms with E-state index in [0.29, 0.717) is 27.0 Å². The molecule has 2 N–H and O–H groups in total. The zero-order valence-corrected chi connectivity index (χ0v) is 26.2. The van der Waals surface area contributed by atoms with Crippen LogP contribution in [0, 0.1) is 22.9 Å². The number of thioether (sulfide) groups is 1. The van der Waals surface area contributed by atoms with Gasteiger partial charge >= 0.3 is 5.97 Å². The Morgan fingerprint density at radius 2 is 1.93 bits per heavy atom. The normalized spacial score (nSPS) is 12.8. The predicted molar refractivity (Wildman–Crippen MR) is 167 cm³/mol. The van der Waals surface area contributed by atoms with E-state index in [2.05, 4.69) is 20.8 Å². The molecule has 15 heteroatoms. The van der Waals surface area contributed by atoms with Gasteiger partial charge in [0.1, 0.15) is 10.8 Å². The van der Waals surface area contributed by atoms with Crippen molar-refractivity contribution >= 4 is 51.6 Å². The number of aryl methyl sites for hydroxylation is 2. The van der Waals surface area contributed by atoms with Crippen molar-refractivity contribution in [1.29, 1.82) is 0 Å². The summed E-state index contributed by atoms with van der Waals surface area (Å²) >= 11 is 2.48. The first-order valence-corrected chi connectivity index (χ1v) is 15.8. The molecule has 2 aromatic carbocycles. The number of anilines is 1. The van der Waals surface area contributed by atoms with Crippen molar-refractivity contribution in [2.75, 3.05) is 11.9 Å². The molecule has 0 radical (unpaired) electrons. The van der Waals surface area contributed by atoms with Crippen LogP contribution in [-0.4, -0.2) is 49.3 Å². The lowest BCUT2D eigenvalue weighted by atomic mass is 10.1. The van der Waals surface area contributed by atoms with Gasteiger partial charge in [-0.3, -0.25) is 24.3 Å². The van der Waals surface area contributed by atoms with Gasteiger partial charge in [0.2, 0.25) is 5.91 Å². The van der Waals surface area contributed by atoms with E-state index in [1.807, 2.05) is 0 Å². The number of hydrogen-bond acceptors (Lipinski definition) is 10. The molecule has 1 aliphatic carbocycles. The van der Waals surface area contributed by atoms with Crippen LogP contribution < -0.4 is 10.6 Å². The van der Waals surface area contributed by atoms with Gasteiger partial charge in [-0.1, -0.05) is 17.8 Å². The molecule has 12 nitrogen and oxygen atoms in total. The minimum absolute atomic E-state index is 0.0989. The van der Waals surface area contributed by atoms with Gasteiger partial charge in [0.25, 0.3) is 11.6 Å². The second-order valence-corrected chi connectivity index (χ2v) is 12.6. The van der Waals surface area contributed by atoms with Crippen LogP contribution in [0.4, 0.5) is 15.1 Å². The van der Waals surface area contributed by atoms with Crippen molar-refractivity contribution in [3.05, 3.63) is 91.4 Å². The van der Waals surface area contributed by atoms with Crippen molar-refractivity contribution in [1.82, 2.24) is 20.1 Å². The highest BCUT2D eigenvalue weighted by Crippen LogP contribution is 2.40. The summed E-state index contributed by atoms with van der Waals surface area (Å²) in [5, 5.41) is 25.4. The summed E-state index contributed by atoms with van der Waals surface area (Å²) in [6.07, 6.45) is 2.54. The number of nitrogens with zero attached hydrogens (tertiary/aromatic N) is 4. The lowest BCUT2D eigenvalue weighted by Crippen LogP contribution is -2.25. The van der Waals surface area contributed by atoms with Crippen LogP contribution >= 0.6 is 23.1 Å². The second kappa shape index (κ2) is 13.6. The average molecular weight is 653 g/mol. The Morgan fingerprint density at radius 3 is 2.64 bits per heavy atom. The lowest BCUT2D eigenvalue weighted by molar-refractivity contribution is -0.385. The summed E-state index contributed by atoms with van der Waals surface area (Å²) in [5.41, 5.74) is 2.17. The monoisotopic (exact) mass is 652 g/mol. The Hall–Kier alpha value is -4.63. The smallest absolute Gasteiger partial charge is 0.341 e. The number of fused-ring (bicyclic) bond motifs is 1. The van der Waals surface area contributed by atoms with E-state index in [9.17, 15) is 28.9 Å². The Morgan fingerprint density at radius 1 is 1.18 bits per heavy atom. The topological polar surface area (TPSA) is 158 Å². The summed E-state index contributed by atoms with van der Waals surface area (Å²) in [7, 11) is 0. The second-order valence-electron chi connectivity index (χ2n) is 10.2. The molecule has 1 unspecified atom stereocenters. The Labute approximate surface area is 265 Å². The largest absolute Gasteiger partial charge is 0.462 e.